The van der Waals surface area contributed by atoms with Gasteiger partial charge in [0.15, 0.2) is 0 Å². The Morgan fingerprint density at radius 3 is 2.88 bits per heavy atom. The van der Waals surface area contributed by atoms with Gasteiger partial charge < -0.3 is 11.1 Å². The molecule has 0 spiro atoms. The third kappa shape index (κ3) is 2.90. The highest BCUT2D eigenvalue weighted by molar-refractivity contribution is 8.00. The Balaban J connectivity index is 2.16. The fourth-order valence-corrected chi connectivity index (χ4v) is 3.76. The van der Waals surface area contributed by atoms with E-state index in [1.54, 1.807) is 0 Å². The van der Waals surface area contributed by atoms with Gasteiger partial charge in [-0.25, -0.2) is 0 Å². The summed E-state index contributed by atoms with van der Waals surface area (Å²) in [4.78, 5) is 0. The lowest BCUT2D eigenvalue weighted by Crippen LogP contribution is -2.45. The first-order chi connectivity index (χ1) is 8.04. The SMILES string of the molecule is Cc1ccc(NC2(CN)CSC(C)C2)cc1Cl. The van der Waals surface area contributed by atoms with Crippen molar-refractivity contribution in [2.24, 2.45) is 5.73 Å². The van der Waals surface area contributed by atoms with Gasteiger partial charge in [0.05, 0.1) is 5.54 Å². The highest BCUT2D eigenvalue weighted by atomic mass is 35.5. The van der Waals surface area contributed by atoms with Crippen molar-refractivity contribution in [1.82, 2.24) is 0 Å². The molecule has 1 fully saturated rings. The minimum absolute atomic E-state index is 0.0304. The standard InChI is InChI=1S/C13H19ClN2S/c1-9-3-4-11(5-12(9)14)16-13(7-15)6-10(2)17-8-13/h3-5,10,16H,6-8,15H2,1-2H3. The second-order valence-electron chi connectivity index (χ2n) is 4.90. The summed E-state index contributed by atoms with van der Waals surface area (Å²) >= 11 is 8.12. The van der Waals surface area contributed by atoms with Crippen LogP contribution in [0.3, 0.4) is 0 Å². The summed E-state index contributed by atoms with van der Waals surface area (Å²) in [6.45, 7) is 4.93. The molecule has 1 aliphatic rings. The molecule has 1 aromatic rings. The fourth-order valence-electron chi connectivity index (χ4n) is 2.23. The Kier molecular flexibility index (Phi) is 3.91. The molecule has 3 N–H and O–H groups in total. The number of nitrogens with one attached hydrogen (secondary N) is 1. The Hall–Kier alpha value is -0.380. The van der Waals surface area contributed by atoms with E-state index in [1.165, 1.54) is 0 Å². The zero-order valence-corrected chi connectivity index (χ0v) is 11.9. The number of thioether (sulfide) groups is 1. The molecule has 1 heterocycles. The zero-order valence-electron chi connectivity index (χ0n) is 10.3. The van der Waals surface area contributed by atoms with Crippen LogP contribution in [0.5, 0.6) is 0 Å². The van der Waals surface area contributed by atoms with Crippen LogP contribution >= 0.6 is 23.4 Å². The molecule has 2 nitrogen and oxygen atoms in total. The van der Waals surface area contributed by atoms with Crippen molar-refractivity contribution in [3.63, 3.8) is 0 Å². The number of anilines is 1. The summed E-state index contributed by atoms with van der Waals surface area (Å²) in [5, 5.41) is 5.05. The van der Waals surface area contributed by atoms with Crippen molar-refractivity contribution in [1.29, 1.82) is 0 Å². The van der Waals surface area contributed by atoms with Crippen LogP contribution in [0.4, 0.5) is 5.69 Å². The van der Waals surface area contributed by atoms with Crippen molar-refractivity contribution < 1.29 is 0 Å². The molecule has 4 heteroatoms. The number of benzene rings is 1. The van der Waals surface area contributed by atoms with Gasteiger partial charge in [-0.2, -0.15) is 11.8 Å². The van der Waals surface area contributed by atoms with Crippen molar-refractivity contribution >= 4 is 29.1 Å². The van der Waals surface area contributed by atoms with E-state index in [0.29, 0.717) is 11.8 Å². The maximum absolute atomic E-state index is 6.14. The second kappa shape index (κ2) is 5.09. The van der Waals surface area contributed by atoms with Crippen LogP contribution in [0.15, 0.2) is 18.2 Å². The number of hydrogen-bond acceptors (Lipinski definition) is 3. The topological polar surface area (TPSA) is 38.0 Å². The average molecular weight is 271 g/mol. The molecule has 0 saturated carbocycles. The maximum Gasteiger partial charge on any atom is 0.0596 e. The van der Waals surface area contributed by atoms with Crippen molar-refractivity contribution in [3.8, 4) is 0 Å². The molecule has 0 bridgehead atoms. The summed E-state index contributed by atoms with van der Waals surface area (Å²) in [7, 11) is 0. The van der Waals surface area contributed by atoms with Crippen molar-refractivity contribution in [2.75, 3.05) is 17.6 Å². The largest absolute Gasteiger partial charge is 0.377 e. The van der Waals surface area contributed by atoms with Crippen LogP contribution in [-0.4, -0.2) is 23.1 Å². The molecule has 2 unspecified atom stereocenters. The number of nitrogens with two attached hydrogens (primary N) is 1. The normalized spacial score (nSPS) is 28.4. The summed E-state index contributed by atoms with van der Waals surface area (Å²) in [5.41, 5.74) is 8.14. The van der Waals surface area contributed by atoms with Crippen LogP contribution < -0.4 is 11.1 Å². The molecule has 17 heavy (non-hydrogen) atoms. The Bertz CT molecular complexity index is 410. The van der Waals surface area contributed by atoms with Crippen LogP contribution in [0, 0.1) is 6.92 Å². The molecule has 1 aliphatic heterocycles. The van der Waals surface area contributed by atoms with Crippen LogP contribution in [0.1, 0.15) is 18.9 Å². The van der Waals surface area contributed by atoms with Gasteiger partial charge in [-0.15, -0.1) is 0 Å². The van der Waals surface area contributed by atoms with Crippen LogP contribution in [-0.2, 0) is 0 Å². The van der Waals surface area contributed by atoms with Gasteiger partial charge in [-0.05, 0) is 31.0 Å². The molecule has 2 atom stereocenters. The van der Waals surface area contributed by atoms with Crippen molar-refractivity contribution in [2.45, 2.75) is 31.1 Å². The van der Waals surface area contributed by atoms with E-state index in [0.717, 1.165) is 28.4 Å². The first-order valence-electron chi connectivity index (χ1n) is 5.91. The number of aryl methyl sites for hydroxylation is 1. The van der Waals surface area contributed by atoms with E-state index in [1.807, 2.05) is 30.8 Å². The van der Waals surface area contributed by atoms with Gasteiger partial charge >= 0.3 is 0 Å². The van der Waals surface area contributed by atoms with E-state index in [9.17, 15) is 0 Å². The van der Waals surface area contributed by atoms with E-state index in [4.69, 9.17) is 17.3 Å². The maximum atomic E-state index is 6.14. The summed E-state index contributed by atoms with van der Waals surface area (Å²) < 4.78 is 0. The van der Waals surface area contributed by atoms with Gasteiger partial charge in [0, 0.05) is 28.3 Å². The van der Waals surface area contributed by atoms with E-state index >= 15 is 0 Å². The Labute approximate surface area is 112 Å². The van der Waals surface area contributed by atoms with Gasteiger partial charge in [0.1, 0.15) is 0 Å². The quantitative estimate of drug-likeness (QED) is 0.885. The fraction of sp³-hybridized carbons (Fsp3) is 0.538. The molecule has 1 aromatic carbocycles. The van der Waals surface area contributed by atoms with Gasteiger partial charge in [0.2, 0.25) is 0 Å². The molecule has 94 valence electrons. The first kappa shape index (κ1) is 13.1. The van der Waals surface area contributed by atoms with Gasteiger partial charge in [-0.1, -0.05) is 24.6 Å². The molecule has 0 amide bonds. The predicted octanol–water partition coefficient (Wildman–Crippen LogP) is 3.28. The van der Waals surface area contributed by atoms with E-state index in [-0.39, 0.29) is 5.54 Å². The summed E-state index contributed by atoms with van der Waals surface area (Å²) in [6.07, 6.45) is 1.11. The number of hydrogen-bond donors (Lipinski definition) is 2. The molecular weight excluding hydrogens is 252 g/mol. The number of rotatable bonds is 3. The third-order valence-electron chi connectivity index (χ3n) is 3.29. The van der Waals surface area contributed by atoms with Crippen LogP contribution in [0.25, 0.3) is 0 Å². The first-order valence-corrected chi connectivity index (χ1v) is 7.33. The summed E-state index contributed by atoms with van der Waals surface area (Å²) in [6, 6.07) is 6.11. The monoisotopic (exact) mass is 270 g/mol. The third-order valence-corrected chi connectivity index (χ3v) is 5.16. The second-order valence-corrected chi connectivity index (χ2v) is 6.73. The van der Waals surface area contributed by atoms with Gasteiger partial charge in [-0.3, -0.25) is 0 Å². The minimum atomic E-state index is 0.0304. The average Bonchev–Trinajstić information content (AvgIpc) is 2.66. The summed E-state index contributed by atoms with van der Waals surface area (Å²) in [5.74, 6) is 1.07. The lowest BCUT2D eigenvalue weighted by atomic mass is 9.96. The molecule has 0 aliphatic carbocycles. The lowest BCUT2D eigenvalue weighted by Gasteiger charge is -2.29. The molecular formula is C13H19ClN2S. The molecule has 0 aromatic heterocycles. The minimum Gasteiger partial charge on any atom is -0.377 e. The van der Waals surface area contributed by atoms with E-state index in [2.05, 4.69) is 18.3 Å². The Morgan fingerprint density at radius 2 is 2.35 bits per heavy atom. The number of halogens is 1. The lowest BCUT2D eigenvalue weighted by molar-refractivity contribution is 0.513. The smallest absolute Gasteiger partial charge is 0.0596 e. The van der Waals surface area contributed by atoms with Crippen LogP contribution in [0.2, 0.25) is 5.02 Å². The van der Waals surface area contributed by atoms with Crippen molar-refractivity contribution in [3.05, 3.63) is 28.8 Å². The highest BCUT2D eigenvalue weighted by Gasteiger charge is 2.36. The highest BCUT2D eigenvalue weighted by Crippen LogP contribution is 2.36. The predicted molar refractivity (Wildman–Crippen MR) is 78.1 cm³/mol. The molecule has 2 rings (SSSR count). The molecule has 1 saturated heterocycles. The van der Waals surface area contributed by atoms with Gasteiger partial charge in [0.25, 0.3) is 0 Å². The van der Waals surface area contributed by atoms with E-state index < -0.39 is 0 Å². The zero-order chi connectivity index (χ0) is 12.5. The Morgan fingerprint density at radius 1 is 1.59 bits per heavy atom. The molecule has 0 radical (unpaired) electrons.